The Hall–Kier alpha value is -1.56. The van der Waals surface area contributed by atoms with Crippen LogP contribution in [0.5, 0.6) is 5.75 Å². The molecule has 0 spiro atoms. The van der Waals surface area contributed by atoms with Gasteiger partial charge in [-0.1, -0.05) is 22.0 Å². The maximum absolute atomic E-state index is 12.1. The number of benzene rings is 1. The van der Waals surface area contributed by atoms with Gasteiger partial charge >= 0.3 is 5.97 Å². The van der Waals surface area contributed by atoms with Crippen LogP contribution in [0.4, 0.5) is 0 Å². The molecule has 0 radical (unpaired) electrons. The lowest BCUT2D eigenvalue weighted by Gasteiger charge is -2.30. The van der Waals surface area contributed by atoms with Crippen molar-refractivity contribution in [2.24, 2.45) is 5.92 Å². The monoisotopic (exact) mass is 355 g/mol. The average molecular weight is 356 g/mol. The Bertz CT molecular complexity index is 520. The van der Waals surface area contributed by atoms with Gasteiger partial charge in [0.05, 0.1) is 18.9 Å². The summed E-state index contributed by atoms with van der Waals surface area (Å²) in [4.78, 5) is 24.7. The Morgan fingerprint density at radius 2 is 2.24 bits per heavy atom. The fourth-order valence-electron chi connectivity index (χ4n) is 2.38. The summed E-state index contributed by atoms with van der Waals surface area (Å²) in [6.45, 7) is 1.24. The van der Waals surface area contributed by atoms with Crippen LogP contribution < -0.4 is 4.74 Å². The Kier molecular flexibility index (Phi) is 5.61. The summed E-state index contributed by atoms with van der Waals surface area (Å²) in [5.74, 6) is -0.596. The molecular formula is C15H18BrNO4. The maximum Gasteiger partial charge on any atom is 0.308 e. The molecule has 21 heavy (non-hydrogen) atoms. The van der Waals surface area contributed by atoms with Crippen molar-refractivity contribution in [3.63, 3.8) is 0 Å². The lowest BCUT2D eigenvalue weighted by Crippen LogP contribution is -2.42. The number of halogens is 1. The number of carboxylic acid groups (broad SMARTS) is 1. The van der Waals surface area contributed by atoms with Gasteiger partial charge < -0.3 is 14.7 Å². The van der Waals surface area contributed by atoms with Crippen molar-refractivity contribution in [1.29, 1.82) is 0 Å². The third-order valence-electron chi connectivity index (χ3n) is 3.50. The number of carbonyl (C=O) groups is 2. The molecule has 0 aliphatic carbocycles. The molecule has 1 aliphatic rings. The van der Waals surface area contributed by atoms with E-state index in [1.54, 1.807) is 4.90 Å². The first-order valence-corrected chi connectivity index (χ1v) is 7.74. The highest BCUT2D eigenvalue weighted by atomic mass is 79.9. The van der Waals surface area contributed by atoms with Crippen LogP contribution in [0, 0.1) is 5.92 Å². The fourth-order valence-corrected chi connectivity index (χ4v) is 2.75. The first kappa shape index (κ1) is 15.8. The summed E-state index contributed by atoms with van der Waals surface area (Å²) < 4.78 is 6.45. The van der Waals surface area contributed by atoms with Gasteiger partial charge in [0, 0.05) is 17.6 Å². The van der Waals surface area contributed by atoms with Crippen LogP contribution in [0.3, 0.4) is 0 Å². The van der Waals surface area contributed by atoms with Crippen LogP contribution in [-0.2, 0) is 9.59 Å². The number of carbonyl (C=O) groups excluding carboxylic acids is 1. The van der Waals surface area contributed by atoms with E-state index in [1.807, 2.05) is 24.3 Å². The topological polar surface area (TPSA) is 66.8 Å². The first-order chi connectivity index (χ1) is 10.1. The van der Waals surface area contributed by atoms with Crippen LogP contribution in [-0.4, -0.2) is 41.6 Å². The van der Waals surface area contributed by atoms with Gasteiger partial charge in [0.1, 0.15) is 5.75 Å². The van der Waals surface area contributed by atoms with Crippen molar-refractivity contribution in [2.75, 3.05) is 19.7 Å². The summed E-state index contributed by atoms with van der Waals surface area (Å²) in [6.07, 6.45) is 1.65. The second-order valence-corrected chi connectivity index (χ2v) is 5.99. The van der Waals surface area contributed by atoms with Crippen LogP contribution in [0.2, 0.25) is 0 Å². The van der Waals surface area contributed by atoms with Crippen LogP contribution in [0.1, 0.15) is 19.3 Å². The second kappa shape index (κ2) is 7.45. The van der Waals surface area contributed by atoms with Gasteiger partial charge in [0.15, 0.2) is 0 Å². The average Bonchev–Trinajstić information content (AvgIpc) is 2.47. The molecule has 5 nitrogen and oxygen atoms in total. The molecule has 0 saturated carbocycles. The number of piperidine rings is 1. The number of hydrogen-bond donors (Lipinski definition) is 1. The van der Waals surface area contributed by atoms with Crippen molar-refractivity contribution in [3.05, 3.63) is 28.7 Å². The SMILES string of the molecule is O=C(O)[C@H]1CCCN(C(=O)CCOc2cccc(Br)c2)C1. The Labute approximate surface area is 132 Å². The van der Waals surface area contributed by atoms with Crippen molar-refractivity contribution in [2.45, 2.75) is 19.3 Å². The normalized spacial score (nSPS) is 18.3. The minimum Gasteiger partial charge on any atom is -0.493 e. The molecule has 0 bridgehead atoms. The maximum atomic E-state index is 12.1. The lowest BCUT2D eigenvalue weighted by molar-refractivity contribution is -0.145. The van der Waals surface area contributed by atoms with Gasteiger partial charge in [-0.3, -0.25) is 9.59 Å². The summed E-state index contributed by atoms with van der Waals surface area (Å²) in [7, 11) is 0. The number of amides is 1. The van der Waals surface area contributed by atoms with Gasteiger partial charge in [-0.25, -0.2) is 0 Å². The van der Waals surface area contributed by atoms with E-state index in [-0.39, 0.29) is 12.3 Å². The fraction of sp³-hybridized carbons (Fsp3) is 0.467. The third kappa shape index (κ3) is 4.74. The highest BCUT2D eigenvalue weighted by Gasteiger charge is 2.27. The number of ether oxygens (including phenoxy) is 1. The zero-order valence-electron chi connectivity index (χ0n) is 11.6. The van der Waals surface area contributed by atoms with E-state index in [2.05, 4.69) is 15.9 Å². The van der Waals surface area contributed by atoms with Gasteiger partial charge in [-0.15, -0.1) is 0 Å². The van der Waals surface area contributed by atoms with Crippen molar-refractivity contribution < 1.29 is 19.4 Å². The van der Waals surface area contributed by atoms with Crippen molar-refractivity contribution >= 4 is 27.8 Å². The molecule has 1 aromatic rings. The minimum atomic E-state index is -0.821. The van der Waals surface area contributed by atoms with Crippen LogP contribution in [0.15, 0.2) is 28.7 Å². The predicted octanol–water partition coefficient (Wildman–Crippen LogP) is 2.54. The lowest BCUT2D eigenvalue weighted by atomic mass is 9.98. The summed E-state index contributed by atoms with van der Waals surface area (Å²) >= 11 is 3.35. The number of carboxylic acids is 1. The molecule has 1 N–H and O–H groups in total. The number of aliphatic carboxylic acids is 1. The van der Waals surface area contributed by atoms with Gasteiger partial charge in [0.2, 0.25) is 5.91 Å². The van der Waals surface area contributed by atoms with Crippen LogP contribution in [0.25, 0.3) is 0 Å². The third-order valence-corrected chi connectivity index (χ3v) is 4.00. The molecule has 2 rings (SSSR count). The van der Waals surface area contributed by atoms with E-state index in [4.69, 9.17) is 9.84 Å². The molecule has 1 saturated heterocycles. The highest BCUT2D eigenvalue weighted by Crippen LogP contribution is 2.19. The summed E-state index contributed by atoms with van der Waals surface area (Å²) in [5.41, 5.74) is 0. The zero-order chi connectivity index (χ0) is 15.2. The molecule has 114 valence electrons. The molecule has 0 aromatic heterocycles. The number of nitrogens with zero attached hydrogens (tertiary/aromatic N) is 1. The Morgan fingerprint density at radius 3 is 2.95 bits per heavy atom. The standard InChI is InChI=1S/C15H18BrNO4/c16-12-4-1-5-13(9-12)21-8-6-14(18)17-7-2-3-11(10-17)15(19)20/h1,4-5,9,11H,2-3,6-8,10H2,(H,19,20)/t11-/m0/s1. The molecule has 1 atom stereocenters. The number of rotatable bonds is 5. The summed E-state index contributed by atoms with van der Waals surface area (Å²) in [6, 6.07) is 7.43. The largest absolute Gasteiger partial charge is 0.493 e. The van der Waals surface area contributed by atoms with E-state index in [1.165, 1.54) is 0 Å². The van der Waals surface area contributed by atoms with E-state index in [9.17, 15) is 9.59 Å². The predicted molar refractivity (Wildman–Crippen MR) is 81.2 cm³/mol. The van der Waals surface area contributed by atoms with Gasteiger partial charge in [0.25, 0.3) is 0 Å². The van der Waals surface area contributed by atoms with E-state index >= 15 is 0 Å². The number of likely N-dealkylation sites (tertiary alicyclic amines) is 1. The molecule has 1 heterocycles. The smallest absolute Gasteiger partial charge is 0.308 e. The Morgan fingerprint density at radius 1 is 1.43 bits per heavy atom. The highest BCUT2D eigenvalue weighted by molar-refractivity contribution is 9.10. The van der Waals surface area contributed by atoms with Crippen LogP contribution >= 0.6 is 15.9 Å². The quantitative estimate of drug-likeness (QED) is 0.881. The molecule has 1 amide bonds. The molecule has 1 aliphatic heterocycles. The first-order valence-electron chi connectivity index (χ1n) is 6.95. The minimum absolute atomic E-state index is 0.0454. The number of hydrogen-bond acceptors (Lipinski definition) is 3. The molecule has 6 heteroatoms. The molecular weight excluding hydrogens is 338 g/mol. The molecule has 1 aromatic carbocycles. The molecule has 0 unspecified atom stereocenters. The zero-order valence-corrected chi connectivity index (χ0v) is 13.2. The second-order valence-electron chi connectivity index (χ2n) is 5.07. The van der Waals surface area contributed by atoms with E-state index in [0.29, 0.717) is 31.9 Å². The Balaban J connectivity index is 1.78. The van der Waals surface area contributed by atoms with Crippen molar-refractivity contribution in [1.82, 2.24) is 4.90 Å². The summed E-state index contributed by atoms with van der Waals surface area (Å²) in [5, 5.41) is 9.02. The van der Waals surface area contributed by atoms with Gasteiger partial charge in [-0.05, 0) is 31.0 Å². The van der Waals surface area contributed by atoms with E-state index < -0.39 is 11.9 Å². The van der Waals surface area contributed by atoms with Gasteiger partial charge in [-0.2, -0.15) is 0 Å². The van der Waals surface area contributed by atoms with Crippen molar-refractivity contribution in [3.8, 4) is 5.75 Å². The van der Waals surface area contributed by atoms with E-state index in [0.717, 1.165) is 10.9 Å². The molecule has 1 fully saturated rings.